The normalized spacial score (nSPS) is 31.4. The van der Waals surface area contributed by atoms with E-state index in [2.05, 4.69) is 19.2 Å². The topological polar surface area (TPSA) is 21.3 Å². The zero-order chi connectivity index (χ0) is 11.6. The molecule has 1 fully saturated rings. The Morgan fingerprint density at radius 2 is 2.07 bits per heavy atom. The summed E-state index contributed by atoms with van der Waals surface area (Å²) in [6.45, 7) is 8.29. The first-order valence-corrected chi connectivity index (χ1v) is 5.55. The molecule has 3 unspecified atom stereocenters. The molecule has 1 aliphatic carbocycles. The Kier molecular flexibility index (Phi) is 4.06. The van der Waals surface area contributed by atoms with E-state index in [0.29, 0.717) is 6.61 Å². The van der Waals surface area contributed by atoms with Gasteiger partial charge >= 0.3 is 0 Å². The van der Waals surface area contributed by atoms with Gasteiger partial charge in [0, 0.05) is 18.1 Å². The lowest BCUT2D eigenvalue weighted by Gasteiger charge is -2.52. The highest BCUT2D eigenvalue weighted by molar-refractivity contribution is 5.03. The number of hydrogen-bond donors (Lipinski definition) is 1. The molecule has 2 nitrogen and oxygen atoms in total. The van der Waals surface area contributed by atoms with Crippen LogP contribution in [0.1, 0.15) is 34.1 Å². The molecule has 0 radical (unpaired) electrons. The van der Waals surface area contributed by atoms with Crippen molar-refractivity contribution in [2.24, 2.45) is 5.41 Å². The maximum atomic E-state index is 12.4. The molecule has 1 saturated carbocycles. The van der Waals surface area contributed by atoms with Crippen molar-refractivity contribution in [1.29, 1.82) is 0 Å². The van der Waals surface area contributed by atoms with E-state index in [1.54, 1.807) is 0 Å². The Morgan fingerprint density at radius 1 is 1.47 bits per heavy atom. The molecule has 0 heterocycles. The van der Waals surface area contributed by atoms with E-state index in [0.717, 1.165) is 6.42 Å². The van der Waals surface area contributed by atoms with Crippen LogP contribution in [0.3, 0.4) is 0 Å². The zero-order valence-corrected chi connectivity index (χ0v) is 9.89. The monoisotopic (exact) mass is 221 g/mol. The fraction of sp³-hybridized carbons (Fsp3) is 1.00. The second-order valence-electron chi connectivity index (χ2n) is 4.84. The molecular formula is C11H21F2NO. The summed E-state index contributed by atoms with van der Waals surface area (Å²) >= 11 is 0. The summed E-state index contributed by atoms with van der Waals surface area (Å²) < 4.78 is 30.2. The lowest BCUT2D eigenvalue weighted by Crippen LogP contribution is -2.63. The van der Waals surface area contributed by atoms with Crippen molar-refractivity contribution in [2.75, 3.05) is 6.61 Å². The molecule has 0 aromatic carbocycles. The standard InChI is InChI=1S/C11H21F2NO/c1-5-15-9-6-8(11(9,3)4)14-7(2)10(12)13/h7-10,14H,5-6H2,1-4H3. The predicted molar refractivity (Wildman–Crippen MR) is 56.2 cm³/mol. The summed E-state index contributed by atoms with van der Waals surface area (Å²) in [4.78, 5) is 0. The highest BCUT2D eigenvalue weighted by Gasteiger charge is 2.49. The maximum absolute atomic E-state index is 12.4. The lowest BCUT2D eigenvalue weighted by atomic mass is 9.64. The first-order valence-electron chi connectivity index (χ1n) is 5.55. The third-order valence-corrected chi connectivity index (χ3v) is 3.39. The van der Waals surface area contributed by atoms with E-state index in [-0.39, 0.29) is 17.6 Å². The minimum Gasteiger partial charge on any atom is -0.378 e. The molecule has 4 heteroatoms. The molecule has 0 aliphatic heterocycles. The van der Waals surface area contributed by atoms with Crippen LogP contribution in [0.25, 0.3) is 0 Å². The number of rotatable bonds is 5. The molecule has 1 aliphatic rings. The molecule has 90 valence electrons. The maximum Gasteiger partial charge on any atom is 0.253 e. The summed E-state index contributed by atoms with van der Waals surface area (Å²) in [6, 6.07) is -0.602. The minimum atomic E-state index is -2.30. The first-order chi connectivity index (χ1) is 6.89. The van der Waals surface area contributed by atoms with Crippen LogP contribution in [0.5, 0.6) is 0 Å². The van der Waals surface area contributed by atoms with E-state index < -0.39 is 12.5 Å². The van der Waals surface area contributed by atoms with E-state index >= 15 is 0 Å². The van der Waals surface area contributed by atoms with Crippen molar-refractivity contribution < 1.29 is 13.5 Å². The van der Waals surface area contributed by atoms with Gasteiger partial charge in [-0.2, -0.15) is 0 Å². The molecule has 0 saturated heterocycles. The van der Waals surface area contributed by atoms with Crippen molar-refractivity contribution in [3.8, 4) is 0 Å². The Labute approximate surface area is 90.4 Å². The molecule has 1 N–H and O–H groups in total. The first kappa shape index (κ1) is 12.8. The van der Waals surface area contributed by atoms with Gasteiger partial charge in [-0.05, 0) is 20.3 Å². The summed E-state index contributed by atoms with van der Waals surface area (Å²) in [5, 5.41) is 2.96. The van der Waals surface area contributed by atoms with Gasteiger partial charge in [0.25, 0.3) is 6.43 Å². The molecule has 0 bridgehead atoms. The quantitative estimate of drug-likeness (QED) is 0.770. The molecule has 15 heavy (non-hydrogen) atoms. The van der Waals surface area contributed by atoms with Crippen LogP contribution in [0.2, 0.25) is 0 Å². The number of alkyl halides is 2. The summed E-state index contributed by atoms with van der Waals surface area (Å²) in [6.07, 6.45) is -1.27. The number of nitrogens with one attached hydrogen (secondary N) is 1. The Bertz CT molecular complexity index is 209. The summed E-state index contributed by atoms with van der Waals surface area (Å²) in [7, 11) is 0. The molecule has 0 aromatic rings. The van der Waals surface area contributed by atoms with Crippen molar-refractivity contribution in [3.63, 3.8) is 0 Å². The molecule has 3 atom stereocenters. The van der Waals surface area contributed by atoms with Crippen LogP contribution >= 0.6 is 0 Å². The van der Waals surface area contributed by atoms with Gasteiger partial charge in [-0.1, -0.05) is 13.8 Å². The summed E-state index contributed by atoms with van der Waals surface area (Å²) in [5.41, 5.74) is -0.0425. The van der Waals surface area contributed by atoms with E-state index in [1.807, 2.05) is 6.92 Å². The fourth-order valence-corrected chi connectivity index (χ4v) is 2.04. The average Bonchev–Trinajstić information content (AvgIpc) is 2.16. The Morgan fingerprint density at radius 3 is 2.47 bits per heavy atom. The van der Waals surface area contributed by atoms with Gasteiger partial charge in [-0.3, -0.25) is 0 Å². The van der Waals surface area contributed by atoms with E-state index in [4.69, 9.17) is 4.74 Å². The van der Waals surface area contributed by atoms with Crippen LogP contribution in [0.4, 0.5) is 8.78 Å². The van der Waals surface area contributed by atoms with Gasteiger partial charge in [0.1, 0.15) is 0 Å². The lowest BCUT2D eigenvalue weighted by molar-refractivity contribution is -0.119. The smallest absolute Gasteiger partial charge is 0.253 e. The molecule has 0 amide bonds. The van der Waals surface area contributed by atoms with Crippen LogP contribution in [-0.4, -0.2) is 31.2 Å². The van der Waals surface area contributed by atoms with Crippen molar-refractivity contribution >= 4 is 0 Å². The third-order valence-electron chi connectivity index (χ3n) is 3.39. The highest BCUT2D eigenvalue weighted by atomic mass is 19.3. The van der Waals surface area contributed by atoms with Crippen LogP contribution < -0.4 is 5.32 Å². The largest absolute Gasteiger partial charge is 0.378 e. The van der Waals surface area contributed by atoms with Gasteiger partial charge in [0.15, 0.2) is 0 Å². The van der Waals surface area contributed by atoms with Gasteiger partial charge in [0.05, 0.1) is 12.1 Å². The van der Waals surface area contributed by atoms with Gasteiger partial charge in [0.2, 0.25) is 0 Å². The molecular weight excluding hydrogens is 200 g/mol. The molecule has 0 spiro atoms. The predicted octanol–water partition coefficient (Wildman–Crippen LogP) is 2.43. The molecule has 0 aromatic heterocycles. The number of halogens is 2. The molecule has 1 rings (SSSR count). The van der Waals surface area contributed by atoms with Crippen LogP contribution in [0, 0.1) is 5.41 Å². The fourth-order valence-electron chi connectivity index (χ4n) is 2.04. The Balaban J connectivity index is 2.41. The minimum absolute atomic E-state index is 0.0425. The van der Waals surface area contributed by atoms with Crippen molar-refractivity contribution in [2.45, 2.75) is 58.7 Å². The number of hydrogen-bond acceptors (Lipinski definition) is 2. The number of ether oxygens (including phenoxy) is 1. The van der Waals surface area contributed by atoms with Gasteiger partial charge in [-0.25, -0.2) is 8.78 Å². The Hall–Kier alpha value is -0.220. The van der Waals surface area contributed by atoms with Crippen LogP contribution in [0.15, 0.2) is 0 Å². The van der Waals surface area contributed by atoms with Crippen LogP contribution in [-0.2, 0) is 4.74 Å². The van der Waals surface area contributed by atoms with Gasteiger partial charge in [-0.15, -0.1) is 0 Å². The van der Waals surface area contributed by atoms with Crippen molar-refractivity contribution in [1.82, 2.24) is 5.32 Å². The van der Waals surface area contributed by atoms with E-state index in [9.17, 15) is 8.78 Å². The third kappa shape index (κ3) is 2.67. The van der Waals surface area contributed by atoms with E-state index in [1.165, 1.54) is 6.92 Å². The second kappa shape index (κ2) is 4.74. The SMILES string of the molecule is CCOC1CC(NC(C)C(F)F)C1(C)C. The van der Waals surface area contributed by atoms with Crippen molar-refractivity contribution in [3.05, 3.63) is 0 Å². The zero-order valence-electron chi connectivity index (χ0n) is 9.89. The highest BCUT2D eigenvalue weighted by Crippen LogP contribution is 2.43. The van der Waals surface area contributed by atoms with Gasteiger partial charge < -0.3 is 10.1 Å². The summed E-state index contributed by atoms with van der Waals surface area (Å²) in [5.74, 6) is 0. The average molecular weight is 221 g/mol. The second-order valence-corrected chi connectivity index (χ2v) is 4.84.